The van der Waals surface area contributed by atoms with Crippen molar-refractivity contribution in [1.82, 2.24) is 5.32 Å². The fourth-order valence-electron chi connectivity index (χ4n) is 2.55. The summed E-state index contributed by atoms with van der Waals surface area (Å²) in [5.41, 5.74) is 0. The zero-order valence-corrected chi connectivity index (χ0v) is 7.15. The molecule has 0 spiro atoms. The maximum Gasteiger partial charge on any atom is 0.264 e. The van der Waals surface area contributed by atoms with E-state index in [1.165, 1.54) is 0 Å². The Kier molecular flexibility index (Phi) is 2.07. The Morgan fingerprint density at radius 3 is 2.33 bits per heavy atom. The standard InChI is InChI=1S/C9H15F2N/c10-9(11)6-12-5-8(9)7-3-1-2-4-7/h7-8,12H,1-6H2. The smallest absolute Gasteiger partial charge is 0.264 e. The first-order chi connectivity index (χ1) is 5.70. The quantitative estimate of drug-likeness (QED) is 0.643. The first kappa shape index (κ1) is 8.42. The van der Waals surface area contributed by atoms with E-state index in [0.29, 0.717) is 6.54 Å². The number of rotatable bonds is 1. The molecule has 2 rings (SSSR count). The van der Waals surface area contributed by atoms with Crippen LogP contribution in [0.1, 0.15) is 25.7 Å². The van der Waals surface area contributed by atoms with Gasteiger partial charge in [0.15, 0.2) is 0 Å². The van der Waals surface area contributed by atoms with E-state index in [1.54, 1.807) is 0 Å². The molecule has 0 radical (unpaired) electrons. The fraction of sp³-hybridized carbons (Fsp3) is 1.00. The third-order valence-electron chi connectivity index (χ3n) is 3.24. The van der Waals surface area contributed by atoms with Crippen molar-refractivity contribution in [3.63, 3.8) is 0 Å². The van der Waals surface area contributed by atoms with Crippen molar-refractivity contribution in [3.05, 3.63) is 0 Å². The van der Waals surface area contributed by atoms with E-state index in [-0.39, 0.29) is 18.4 Å². The van der Waals surface area contributed by atoms with Crippen LogP contribution in [0.5, 0.6) is 0 Å². The molecule has 1 aliphatic carbocycles. The lowest BCUT2D eigenvalue weighted by atomic mass is 9.88. The van der Waals surface area contributed by atoms with Crippen molar-refractivity contribution in [2.75, 3.05) is 13.1 Å². The van der Waals surface area contributed by atoms with Gasteiger partial charge in [0.1, 0.15) is 0 Å². The van der Waals surface area contributed by atoms with Gasteiger partial charge in [0.05, 0.1) is 6.54 Å². The van der Waals surface area contributed by atoms with Crippen LogP contribution in [0.3, 0.4) is 0 Å². The Hall–Kier alpha value is -0.180. The highest BCUT2D eigenvalue weighted by Crippen LogP contribution is 2.41. The number of hydrogen-bond acceptors (Lipinski definition) is 1. The van der Waals surface area contributed by atoms with E-state index in [9.17, 15) is 8.78 Å². The topological polar surface area (TPSA) is 12.0 Å². The van der Waals surface area contributed by atoms with E-state index < -0.39 is 5.92 Å². The van der Waals surface area contributed by atoms with Crippen LogP contribution in [0.25, 0.3) is 0 Å². The van der Waals surface area contributed by atoms with E-state index in [1.807, 2.05) is 0 Å². The number of nitrogens with one attached hydrogen (secondary N) is 1. The molecule has 1 atom stereocenters. The van der Waals surface area contributed by atoms with Crippen LogP contribution < -0.4 is 5.32 Å². The van der Waals surface area contributed by atoms with Gasteiger partial charge in [0.25, 0.3) is 5.92 Å². The molecule has 1 saturated carbocycles. The van der Waals surface area contributed by atoms with Gasteiger partial charge in [-0.3, -0.25) is 0 Å². The zero-order valence-electron chi connectivity index (χ0n) is 7.15. The van der Waals surface area contributed by atoms with Crippen LogP contribution in [-0.2, 0) is 0 Å². The second-order valence-corrected chi connectivity index (χ2v) is 4.04. The van der Waals surface area contributed by atoms with Gasteiger partial charge in [-0.2, -0.15) is 0 Å². The lowest BCUT2D eigenvalue weighted by molar-refractivity contribution is -0.0421. The summed E-state index contributed by atoms with van der Waals surface area (Å²) in [6, 6.07) is 0. The number of halogens is 2. The highest BCUT2D eigenvalue weighted by molar-refractivity contribution is 4.93. The zero-order chi connectivity index (χ0) is 8.60. The van der Waals surface area contributed by atoms with E-state index in [4.69, 9.17) is 0 Å². The summed E-state index contributed by atoms with van der Waals surface area (Å²) in [4.78, 5) is 0. The highest BCUT2D eigenvalue weighted by atomic mass is 19.3. The molecule has 3 heteroatoms. The summed E-state index contributed by atoms with van der Waals surface area (Å²) < 4.78 is 26.4. The molecule has 0 amide bonds. The summed E-state index contributed by atoms with van der Waals surface area (Å²) in [5, 5.41) is 2.79. The summed E-state index contributed by atoms with van der Waals surface area (Å²) in [6.45, 7) is 0.422. The molecule has 1 aliphatic heterocycles. The highest BCUT2D eigenvalue weighted by Gasteiger charge is 2.47. The van der Waals surface area contributed by atoms with Gasteiger partial charge in [0.2, 0.25) is 0 Å². The SMILES string of the molecule is FC1(F)CNCC1C1CCCC1. The van der Waals surface area contributed by atoms with Gasteiger partial charge < -0.3 is 5.32 Å². The van der Waals surface area contributed by atoms with Crippen molar-refractivity contribution in [3.8, 4) is 0 Å². The molecule has 12 heavy (non-hydrogen) atoms. The van der Waals surface area contributed by atoms with Crippen LogP contribution in [0.15, 0.2) is 0 Å². The maximum absolute atomic E-state index is 13.2. The molecule has 1 saturated heterocycles. The molecule has 1 unspecified atom stereocenters. The normalized spacial score (nSPS) is 36.0. The Balaban J connectivity index is 2.02. The van der Waals surface area contributed by atoms with Crippen molar-refractivity contribution in [2.24, 2.45) is 11.8 Å². The predicted molar refractivity (Wildman–Crippen MR) is 43.3 cm³/mol. The molecular formula is C9H15F2N. The largest absolute Gasteiger partial charge is 0.311 e. The first-order valence-corrected chi connectivity index (χ1v) is 4.79. The van der Waals surface area contributed by atoms with Crippen molar-refractivity contribution >= 4 is 0 Å². The minimum Gasteiger partial charge on any atom is -0.311 e. The summed E-state index contributed by atoms with van der Waals surface area (Å²) in [7, 11) is 0. The molecule has 0 aromatic heterocycles. The summed E-state index contributed by atoms with van der Waals surface area (Å²) >= 11 is 0. The Bertz CT molecular complexity index is 164. The van der Waals surface area contributed by atoms with Crippen molar-refractivity contribution in [1.29, 1.82) is 0 Å². The minimum absolute atomic E-state index is 0.103. The molecule has 1 nitrogen and oxygen atoms in total. The fourth-order valence-corrected chi connectivity index (χ4v) is 2.55. The molecule has 1 N–H and O–H groups in total. The van der Waals surface area contributed by atoms with Gasteiger partial charge in [-0.15, -0.1) is 0 Å². The molecule has 0 aromatic carbocycles. The number of alkyl halides is 2. The average Bonchev–Trinajstić information content (AvgIpc) is 2.55. The van der Waals surface area contributed by atoms with Crippen molar-refractivity contribution in [2.45, 2.75) is 31.6 Å². The second-order valence-electron chi connectivity index (χ2n) is 4.04. The van der Waals surface area contributed by atoms with Gasteiger partial charge in [-0.05, 0) is 18.8 Å². The Labute approximate surface area is 71.5 Å². The van der Waals surface area contributed by atoms with Gasteiger partial charge in [0, 0.05) is 12.5 Å². The van der Waals surface area contributed by atoms with Gasteiger partial charge in [-0.1, -0.05) is 12.8 Å². The summed E-state index contributed by atoms with van der Waals surface area (Å²) in [6.07, 6.45) is 4.33. The Morgan fingerprint density at radius 1 is 1.17 bits per heavy atom. The predicted octanol–water partition coefficient (Wildman–Crippen LogP) is 2.03. The third-order valence-corrected chi connectivity index (χ3v) is 3.24. The molecule has 1 heterocycles. The average molecular weight is 175 g/mol. The van der Waals surface area contributed by atoms with Crippen molar-refractivity contribution < 1.29 is 8.78 Å². The third kappa shape index (κ3) is 1.35. The minimum atomic E-state index is -2.44. The molecular weight excluding hydrogens is 160 g/mol. The van der Waals surface area contributed by atoms with E-state index in [0.717, 1.165) is 25.7 Å². The van der Waals surface area contributed by atoms with Crippen LogP contribution in [0.4, 0.5) is 8.78 Å². The van der Waals surface area contributed by atoms with Crippen LogP contribution >= 0.6 is 0 Å². The summed E-state index contributed by atoms with van der Waals surface area (Å²) in [5.74, 6) is -2.52. The maximum atomic E-state index is 13.2. The number of hydrogen-bond donors (Lipinski definition) is 1. The molecule has 0 aromatic rings. The molecule has 2 fully saturated rings. The lowest BCUT2D eigenvalue weighted by Gasteiger charge is -2.23. The Morgan fingerprint density at radius 2 is 1.83 bits per heavy atom. The molecule has 0 bridgehead atoms. The molecule has 70 valence electrons. The van der Waals surface area contributed by atoms with Crippen LogP contribution in [0.2, 0.25) is 0 Å². The van der Waals surface area contributed by atoms with E-state index in [2.05, 4.69) is 5.32 Å². The van der Waals surface area contributed by atoms with Crippen LogP contribution in [0, 0.1) is 11.8 Å². The van der Waals surface area contributed by atoms with Gasteiger partial charge in [-0.25, -0.2) is 8.78 Å². The monoisotopic (exact) mass is 175 g/mol. The lowest BCUT2D eigenvalue weighted by Crippen LogP contribution is -2.31. The van der Waals surface area contributed by atoms with Crippen LogP contribution in [-0.4, -0.2) is 19.0 Å². The van der Waals surface area contributed by atoms with Gasteiger partial charge >= 0.3 is 0 Å². The second kappa shape index (κ2) is 2.95. The molecule has 2 aliphatic rings. The first-order valence-electron chi connectivity index (χ1n) is 4.79. The van der Waals surface area contributed by atoms with E-state index >= 15 is 0 Å².